The van der Waals surface area contributed by atoms with Gasteiger partial charge in [-0.1, -0.05) is 0 Å². The summed E-state index contributed by atoms with van der Waals surface area (Å²) in [5.41, 5.74) is 5.82. The summed E-state index contributed by atoms with van der Waals surface area (Å²) in [7, 11) is 1.22. The Morgan fingerprint density at radius 3 is 2.53 bits per heavy atom. The minimum atomic E-state index is -0.841. The number of nitro groups is 1. The first-order valence-electron chi connectivity index (χ1n) is 5.20. The molecule has 8 heteroatoms. The molecular weight excluding hydrogens is 256 g/mol. The highest BCUT2D eigenvalue weighted by molar-refractivity contribution is 5.86. The molecule has 1 unspecified atom stereocenters. The van der Waals surface area contributed by atoms with Gasteiger partial charge in [0.05, 0.1) is 13.2 Å². The van der Waals surface area contributed by atoms with Crippen molar-refractivity contribution in [1.82, 2.24) is 0 Å². The van der Waals surface area contributed by atoms with Crippen molar-refractivity contribution in [2.75, 3.05) is 7.11 Å². The molecule has 0 bridgehead atoms. The summed E-state index contributed by atoms with van der Waals surface area (Å²) in [6.07, 6.45) is 0. The first-order valence-corrected chi connectivity index (χ1v) is 5.20. The van der Waals surface area contributed by atoms with E-state index in [0.717, 1.165) is 0 Å². The number of carbonyl (C=O) groups excluding carboxylic acids is 1. The van der Waals surface area contributed by atoms with Crippen LogP contribution in [0.3, 0.4) is 0 Å². The number of hydrogen-bond acceptors (Lipinski definition) is 7. The lowest BCUT2D eigenvalue weighted by Crippen LogP contribution is -2.10. The Bertz CT molecular complexity index is 614. The van der Waals surface area contributed by atoms with E-state index in [0.29, 0.717) is 0 Å². The highest BCUT2D eigenvalue weighted by atomic mass is 16.6. The van der Waals surface area contributed by atoms with Gasteiger partial charge in [0.25, 0.3) is 0 Å². The minimum absolute atomic E-state index is 0.00555. The molecule has 0 radical (unpaired) electrons. The normalized spacial score (nSPS) is 12.1. The summed E-state index contributed by atoms with van der Waals surface area (Å²) in [5.74, 6) is -0.648. The molecule has 100 valence electrons. The molecular formula is C11H10N2O6. The fourth-order valence-corrected chi connectivity index (χ4v) is 1.48. The van der Waals surface area contributed by atoms with Gasteiger partial charge in [0.2, 0.25) is 5.76 Å². The highest BCUT2D eigenvalue weighted by Crippen LogP contribution is 2.26. The largest absolute Gasteiger partial charge is 0.463 e. The van der Waals surface area contributed by atoms with Gasteiger partial charge in [0, 0.05) is 0 Å². The van der Waals surface area contributed by atoms with Crippen LogP contribution in [-0.4, -0.2) is 18.0 Å². The van der Waals surface area contributed by atoms with Crippen LogP contribution in [0.5, 0.6) is 0 Å². The number of nitrogens with zero attached hydrogens (tertiary/aromatic N) is 1. The van der Waals surface area contributed by atoms with Crippen LogP contribution < -0.4 is 5.73 Å². The zero-order chi connectivity index (χ0) is 14.0. The van der Waals surface area contributed by atoms with Gasteiger partial charge in [-0.05, 0) is 18.2 Å². The second kappa shape index (κ2) is 4.94. The Labute approximate surface area is 106 Å². The maximum atomic E-state index is 11.2. The molecule has 0 amide bonds. The third-order valence-electron chi connectivity index (χ3n) is 2.42. The van der Waals surface area contributed by atoms with Crippen molar-refractivity contribution in [3.63, 3.8) is 0 Å². The van der Waals surface area contributed by atoms with E-state index in [4.69, 9.17) is 14.6 Å². The summed E-state index contributed by atoms with van der Waals surface area (Å²) in [6, 6.07) is 4.61. The van der Waals surface area contributed by atoms with Crippen molar-refractivity contribution in [2.24, 2.45) is 5.73 Å². The van der Waals surface area contributed by atoms with Gasteiger partial charge < -0.3 is 19.3 Å². The molecule has 2 rings (SSSR count). The Kier molecular flexibility index (Phi) is 3.34. The summed E-state index contributed by atoms with van der Waals surface area (Å²) in [6.45, 7) is 0. The van der Waals surface area contributed by atoms with Crippen LogP contribution in [0.25, 0.3) is 0 Å². The molecule has 1 atom stereocenters. The first-order chi connectivity index (χ1) is 9.02. The van der Waals surface area contributed by atoms with Crippen molar-refractivity contribution >= 4 is 11.9 Å². The first kappa shape index (κ1) is 12.8. The van der Waals surface area contributed by atoms with Gasteiger partial charge in [0.15, 0.2) is 0 Å². The topological polar surface area (TPSA) is 122 Å². The van der Waals surface area contributed by atoms with E-state index in [1.165, 1.54) is 31.4 Å². The molecule has 8 nitrogen and oxygen atoms in total. The number of hydrogen-bond donors (Lipinski definition) is 1. The third-order valence-corrected chi connectivity index (χ3v) is 2.42. The van der Waals surface area contributed by atoms with E-state index in [2.05, 4.69) is 4.74 Å². The predicted molar refractivity (Wildman–Crippen MR) is 61.4 cm³/mol. The van der Waals surface area contributed by atoms with Gasteiger partial charge in [-0.25, -0.2) is 4.79 Å². The molecule has 0 saturated heterocycles. The monoisotopic (exact) mass is 266 g/mol. The van der Waals surface area contributed by atoms with Crippen molar-refractivity contribution in [1.29, 1.82) is 0 Å². The number of carbonyl (C=O) groups is 1. The Balaban J connectivity index is 2.23. The molecule has 0 aromatic carbocycles. The van der Waals surface area contributed by atoms with Crippen molar-refractivity contribution in [3.8, 4) is 0 Å². The second-order valence-corrected chi connectivity index (χ2v) is 3.60. The van der Waals surface area contributed by atoms with Crippen LogP contribution in [-0.2, 0) is 4.74 Å². The SMILES string of the molecule is COC(=O)c1ccc(C(N)c2ccc([N+](=O)[O-])o2)o1. The van der Waals surface area contributed by atoms with Crippen LogP contribution in [0.4, 0.5) is 5.88 Å². The predicted octanol–water partition coefficient (Wildman–Crippen LogP) is 1.62. The third kappa shape index (κ3) is 2.47. The summed E-state index contributed by atoms with van der Waals surface area (Å²) in [4.78, 5) is 21.0. The summed E-state index contributed by atoms with van der Waals surface area (Å²) in [5, 5.41) is 10.5. The Hall–Kier alpha value is -2.61. The fraction of sp³-hybridized carbons (Fsp3) is 0.182. The lowest BCUT2D eigenvalue weighted by atomic mass is 10.2. The number of rotatable bonds is 4. The number of ether oxygens (including phenoxy) is 1. The molecule has 2 aromatic heterocycles. The van der Waals surface area contributed by atoms with E-state index in [1.54, 1.807) is 0 Å². The van der Waals surface area contributed by atoms with E-state index in [-0.39, 0.29) is 17.3 Å². The van der Waals surface area contributed by atoms with Gasteiger partial charge in [-0.3, -0.25) is 10.1 Å². The van der Waals surface area contributed by atoms with E-state index >= 15 is 0 Å². The number of esters is 1. The Morgan fingerprint density at radius 1 is 1.32 bits per heavy atom. The molecule has 0 fully saturated rings. The number of methoxy groups -OCH3 is 1. The lowest BCUT2D eigenvalue weighted by Gasteiger charge is -2.03. The maximum Gasteiger partial charge on any atom is 0.433 e. The van der Waals surface area contributed by atoms with E-state index < -0.39 is 22.8 Å². The van der Waals surface area contributed by atoms with E-state index in [1.807, 2.05) is 0 Å². The molecule has 0 aliphatic heterocycles. The molecule has 0 aliphatic carbocycles. The quantitative estimate of drug-likeness (QED) is 0.506. The standard InChI is InChI=1S/C11H10N2O6/c1-17-11(14)8-3-2-6(18-8)10(12)7-4-5-9(19-7)13(15)16/h2-5,10H,12H2,1H3. The summed E-state index contributed by atoms with van der Waals surface area (Å²) < 4.78 is 14.6. The van der Waals surface area contributed by atoms with Crippen LogP contribution in [0.2, 0.25) is 0 Å². The fourth-order valence-electron chi connectivity index (χ4n) is 1.48. The van der Waals surface area contributed by atoms with Gasteiger partial charge in [-0.15, -0.1) is 0 Å². The van der Waals surface area contributed by atoms with Gasteiger partial charge >= 0.3 is 11.9 Å². The van der Waals surface area contributed by atoms with Crippen LogP contribution in [0.1, 0.15) is 28.1 Å². The maximum absolute atomic E-state index is 11.2. The molecule has 0 saturated carbocycles. The van der Waals surface area contributed by atoms with Crippen LogP contribution in [0, 0.1) is 10.1 Å². The van der Waals surface area contributed by atoms with Gasteiger partial charge in [0.1, 0.15) is 22.5 Å². The number of furan rings is 2. The second-order valence-electron chi connectivity index (χ2n) is 3.60. The highest BCUT2D eigenvalue weighted by Gasteiger charge is 2.22. The van der Waals surface area contributed by atoms with Crippen LogP contribution in [0.15, 0.2) is 33.1 Å². The molecule has 0 aliphatic rings. The Morgan fingerprint density at radius 2 is 1.95 bits per heavy atom. The van der Waals surface area contributed by atoms with Crippen molar-refractivity contribution < 1.29 is 23.3 Å². The van der Waals surface area contributed by atoms with Crippen molar-refractivity contribution in [2.45, 2.75) is 6.04 Å². The zero-order valence-corrected chi connectivity index (χ0v) is 9.86. The molecule has 2 heterocycles. The van der Waals surface area contributed by atoms with Gasteiger partial charge in [-0.2, -0.15) is 0 Å². The van der Waals surface area contributed by atoms with Crippen LogP contribution >= 0.6 is 0 Å². The molecule has 19 heavy (non-hydrogen) atoms. The summed E-state index contributed by atoms with van der Waals surface area (Å²) >= 11 is 0. The smallest absolute Gasteiger partial charge is 0.433 e. The van der Waals surface area contributed by atoms with E-state index in [9.17, 15) is 14.9 Å². The molecule has 2 N–H and O–H groups in total. The van der Waals surface area contributed by atoms with Crippen molar-refractivity contribution in [3.05, 3.63) is 51.7 Å². The number of nitrogens with two attached hydrogens (primary N) is 1. The molecule has 2 aromatic rings. The average Bonchev–Trinajstić information content (AvgIpc) is 3.05. The molecule has 0 spiro atoms. The average molecular weight is 266 g/mol. The zero-order valence-electron chi connectivity index (χ0n) is 9.86. The minimum Gasteiger partial charge on any atom is -0.463 e. The lowest BCUT2D eigenvalue weighted by molar-refractivity contribution is -0.402.